The molecule has 0 spiro atoms. The maximum absolute atomic E-state index is 12.8. The molecule has 1 atom stereocenters. The second-order valence-corrected chi connectivity index (χ2v) is 7.97. The summed E-state index contributed by atoms with van der Waals surface area (Å²) >= 11 is 0. The lowest BCUT2D eigenvalue weighted by Crippen LogP contribution is -2.48. The lowest BCUT2D eigenvalue weighted by molar-refractivity contribution is -0.126. The molecule has 1 aromatic carbocycles. The van der Waals surface area contributed by atoms with Crippen LogP contribution in [0, 0.1) is 11.7 Å². The normalized spacial score (nSPS) is 19.7. The molecule has 2 rings (SSSR count). The van der Waals surface area contributed by atoms with E-state index in [1.807, 2.05) is 0 Å². The molecule has 0 bridgehead atoms. The molecule has 1 fully saturated rings. The Labute approximate surface area is 136 Å². The van der Waals surface area contributed by atoms with E-state index in [4.69, 9.17) is 0 Å². The first kappa shape index (κ1) is 17.8. The maximum Gasteiger partial charge on any atom is 0.281 e. The Morgan fingerprint density at radius 1 is 1.35 bits per heavy atom. The second-order valence-electron chi connectivity index (χ2n) is 5.83. The lowest BCUT2D eigenvalue weighted by atomic mass is 9.99. The molecule has 6 nitrogen and oxygen atoms in total. The fourth-order valence-corrected chi connectivity index (χ4v) is 3.72. The number of halogens is 1. The second kappa shape index (κ2) is 7.37. The van der Waals surface area contributed by atoms with Gasteiger partial charge in [0.25, 0.3) is 10.2 Å². The van der Waals surface area contributed by atoms with E-state index in [1.54, 1.807) is 12.1 Å². The van der Waals surface area contributed by atoms with Crippen LogP contribution in [0.15, 0.2) is 24.3 Å². The van der Waals surface area contributed by atoms with Crippen molar-refractivity contribution < 1.29 is 17.6 Å². The van der Waals surface area contributed by atoms with Gasteiger partial charge >= 0.3 is 0 Å². The van der Waals surface area contributed by atoms with Gasteiger partial charge in [-0.25, -0.2) is 4.39 Å². The van der Waals surface area contributed by atoms with Crippen LogP contribution in [0.4, 0.5) is 4.39 Å². The van der Waals surface area contributed by atoms with Gasteiger partial charge in [-0.3, -0.25) is 4.79 Å². The van der Waals surface area contributed by atoms with Gasteiger partial charge in [-0.15, -0.1) is 0 Å². The summed E-state index contributed by atoms with van der Waals surface area (Å²) in [4.78, 5) is 12.3. The number of nitrogens with one attached hydrogen (secondary N) is 1. The van der Waals surface area contributed by atoms with Gasteiger partial charge < -0.3 is 5.32 Å². The third-order valence-corrected chi connectivity index (χ3v) is 5.83. The Bertz CT molecular complexity index is 646. The zero-order valence-corrected chi connectivity index (χ0v) is 14.1. The van der Waals surface area contributed by atoms with Crippen LogP contribution in [0.2, 0.25) is 0 Å². The van der Waals surface area contributed by atoms with Gasteiger partial charge in [-0.2, -0.15) is 17.0 Å². The summed E-state index contributed by atoms with van der Waals surface area (Å²) in [6.07, 6.45) is 1.32. The molecule has 0 aliphatic carbocycles. The average Bonchev–Trinajstić information content (AvgIpc) is 2.54. The van der Waals surface area contributed by atoms with Gasteiger partial charge in [0.15, 0.2) is 0 Å². The zero-order chi connectivity index (χ0) is 17.0. The SMILES string of the molecule is CN(C)S(=O)(=O)N1CCC[C@H](C(=O)NCc2ccc(F)cc2)C1. The van der Waals surface area contributed by atoms with E-state index in [-0.39, 0.29) is 24.2 Å². The maximum atomic E-state index is 12.8. The predicted molar refractivity (Wildman–Crippen MR) is 85.2 cm³/mol. The molecule has 1 heterocycles. The smallest absolute Gasteiger partial charge is 0.281 e. The average molecular weight is 343 g/mol. The fourth-order valence-electron chi connectivity index (χ4n) is 2.53. The number of carbonyl (C=O) groups is 1. The van der Waals surface area contributed by atoms with Crippen molar-refractivity contribution in [2.45, 2.75) is 19.4 Å². The highest BCUT2D eigenvalue weighted by molar-refractivity contribution is 7.86. The predicted octanol–water partition coefficient (Wildman–Crippen LogP) is 0.960. The van der Waals surface area contributed by atoms with Crippen LogP contribution in [0.25, 0.3) is 0 Å². The molecule has 1 aliphatic heterocycles. The Balaban J connectivity index is 1.93. The number of benzene rings is 1. The van der Waals surface area contributed by atoms with Crippen molar-refractivity contribution in [1.29, 1.82) is 0 Å². The van der Waals surface area contributed by atoms with Crippen LogP contribution < -0.4 is 5.32 Å². The summed E-state index contributed by atoms with van der Waals surface area (Å²) in [6.45, 7) is 0.925. The molecule has 8 heteroatoms. The number of amides is 1. The van der Waals surface area contributed by atoms with Crippen molar-refractivity contribution in [2.24, 2.45) is 5.92 Å². The molecule has 23 heavy (non-hydrogen) atoms. The van der Waals surface area contributed by atoms with Gasteiger partial charge in [0.05, 0.1) is 5.92 Å². The largest absolute Gasteiger partial charge is 0.352 e. The Morgan fingerprint density at radius 3 is 2.61 bits per heavy atom. The zero-order valence-electron chi connectivity index (χ0n) is 13.3. The summed E-state index contributed by atoms with van der Waals surface area (Å²) in [6, 6.07) is 5.90. The number of rotatable bonds is 5. The van der Waals surface area contributed by atoms with E-state index in [0.717, 1.165) is 9.87 Å². The number of piperidine rings is 1. The highest BCUT2D eigenvalue weighted by atomic mass is 32.2. The number of hydrogen-bond acceptors (Lipinski definition) is 3. The van der Waals surface area contributed by atoms with Crippen LogP contribution in [0.1, 0.15) is 18.4 Å². The standard InChI is InChI=1S/C15H22FN3O3S/c1-18(2)23(21,22)19-9-3-4-13(11-19)15(20)17-10-12-5-7-14(16)8-6-12/h5-8,13H,3-4,9-11H2,1-2H3,(H,17,20)/t13-/m0/s1. The summed E-state index contributed by atoms with van der Waals surface area (Å²) < 4.78 is 39.6. The topological polar surface area (TPSA) is 69.7 Å². The van der Waals surface area contributed by atoms with Gasteiger partial charge in [-0.05, 0) is 30.5 Å². The highest BCUT2D eigenvalue weighted by Crippen LogP contribution is 2.20. The van der Waals surface area contributed by atoms with Crippen molar-refractivity contribution in [2.75, 3.05) is 27.2 Å². The van der Waals surface area contributed by atoms with Crippen molar-refractivity contribution >= 4 is 16.1 Å². The van der Waals surface area contributed by atoms with E-state index in [2.05, 4.69) is 5.32 Å². The first-order valence-corrected chi connectivity index (χ1v) is 8.90. The van der Waals surface area contributed by atoms with Crippen LogP contribution in [-0.4, -0.2) is 50.1 Å². The number of hydrogen-bond donors (Lipinski definition) is 1. The van der Waals surface area contributed by atoms with E-state index >= 15 is 0 Å². The van der Waals surface area contributed by atoms with Crippen molar-refractivity contribution in [3.8, 4) is 0 Å². The van der Waals surface area contributed by atoms with Crippen molar-refractivity contribution in [3.63, 3.8) is 0 Å². The van der Waals surface area contributed by atoms with Crippen LogP contribution >= 0.6 is 0 Å². The molecule has 1 amide bonds. The third-order valence-electron chi connectivity index (χ3n) is 3.92. The lowest BCUT2D eigenvalue weighted by Gasteiger charge is -2.32. The summed E-state index contributed by atoms with van der Waals surface area (Å²) in [5.41, 5.74) is 0.799. The molecule has 0 unspecified atom stereocenters. The quantitative estimate of drug-likeness (QED) is 0.866. The molecule has 1 saturated heterocycles. The number of nitrogens with zero attached hydrogens (tertiary/aromatic N) is 2. The highest BCUT2D eigenvalue weighted by Gasteiger charge is 2.33. The first-order chi connectivity index (χ1) is 10.8. The molecule has 1 N–H and O–H groups in total. The third kappa shape index (κ3) is 4.49. The van der Waals surface area contributed by atoms with Crippen LogP contribution in [0.5, 0.6) is 0 Å². The van der Waals surface area contributed by atoms with E-state index in [9.17, 15) is 17.6 Å². The molecule has 0 aromatic heterocycles. The van der Waals surface area contributed by atoms with Gasteiger partial charge in [0, 0.05) is 33.7 Å². The minimum atomic E-state index is -3.49. The van der Waals surface area contributed by atoms with Crippen LogP contribution in [0.3, 0.4) is 0 Å². The fraction of sp³-hybridized carbons (Fsp3) is 0.533. The summed E-state index contributed by atoms with van der Waals surface area (Å²) in [5.74, 6) is -0.858. The van der Waals surface area contributed by atoms with Gasteiger partial charge in [0.2, 0.25) is 5.91 Å². The van der Waals surface area contributed by atoms with Gasteiger partial charge in [-0.1, -0.05) is 12.1 Å². The first-order valence-electron chi connectivity index (χ1n) is 7.50. The molecular formula is C15H22FN3O3S. The summed E-state index contributed by atoms with van der Waals surface area (Å²) in [5, 5.41) is 2.79. The van der Waals surface area contributed by atoms with Crippen molar-refractivity contribution in [1.82, 2.24) is 13.9 Å². The van der Waals surface area contributed by atoms with E-state index < -0.39 is 10.2 Å². The molecule has 0 saturated carbocycles. The minimum absolute atomic E-state index is 0.173. The molecular weight excluding hydrogens is 321 g/mol. The number of carbonyl (C=O) groups excluding carboxylic acids is 1. The van der Waals surface area contributed by atoms with E-state index in [0.29, 0.717) is 25.9 Å². The molecule has 0 radical (unpaired) electrons. The summed E-state index contributed by atoms with van der Waals surface area (Å²) in [7, 11) is -0.534. The van der Waals surface area contributed by atoms with E-state index in [1.165, 1.54) is 30.5 Å². The molecule has 128 valence electrons. The molecule has 1 aliphatic rings. The van der Waals surface area contributed by atoms with Gasteiger partial charge in [0.1, 0.15) is 5.82 Å². The minimum Gasteiger partial charge on any atom is -0.352 e. The Hall–Kier alpha value is -1.51. The van der Waals surface area contributed by atoms with Crippen molar-refractivity contribution in [3.05, 3.63) is 35.6 Å². The van der Waals surface area contributed by atoms with Crippen LogP contribution in [-0.2, 0) is 21.5 Å². The Morgan fingerprint density at radius 2 is 2.00 bits per heavy atom. The monoisotopic (exact) mass is 343 g/mol. The Kier molecular flexibility index (Phi) is 5.72. The molecule has 1 aromatic rings.